The molecule has 0 heterocycles. The van der Waals surface area contributed by atoms with E-state index in [1.807, 2.05) is 121 Å². The normalized spacial score (nSPS) is 13.2. The molecule has 4 aromatic rings. The molecule has 0 saturated heterocycles. The van der Waals surface area contributed by atoms with Crippen molar-refractivity contribution >= 4 is 38.4 Å². The van der Waals surface area contributed by atoms with Crippen LogP contribution < -0.4 is 21.2 Å². The van der Waals surface area contributed by atoms with Crippen LogP contribution in [0.15, 0.2) is 121 Å². The van der Waals surface area contributed by atoms with Gasteiger partial charge in [0, 0.05) is 0 Å². The number of benzene rings is 4. The van der Waals surface area contributed by atoms with Crippen LogP contribution in [-0.4, -0.2) is 15.0 Å². The number of rotatable bonds is 8. The van der Waals surface area contributed by atoms with Gasteiger partial charge in [-0.15, -0.1) is 0 Å². The van der Waals surface area contributed by atoms with Crippen LogP contribution in [0.3, 0.4) is 0 Å². The summed E-state index contributed by atoms with van der Waals surface area (Å²) in [6.45, 7) is -2.66. The molecule has 32 heavy (non-hydrogen) atoms. The minimum absolute atomic E-state index is 0.0258. The summed E-state index contributed by atoms with van der Waals surface area (Å²) in [5, 5.41) is 3.08. The van der Waals surface area contributed by atoms with Gasteiger partial charge in [0.1, 0.15) is 0 Å². The standard InChI is InChI=1S/C26H25O4PS/c1-2-29-32(27,28)30-31(23-15-7-3-8-16-23,24-17-9-4-10-18-24,25-19-11-5-12-20-25)26-21-13-6-14-22-26/h3-22H,2H2,1H3. The van der Waals surface area contributed by atoms with Crippen LogP contribution in [0.2, 0.25) is 0 Å². The molecular weight excluding hydrogens is 439 g/mol. The van der Waals surface area contributed by atoms with Crippen molar-refractivity contribution < 1.29 is 16.6 Å². The van der Waals surface area contributed by atoms with Gasteiger partial charge in [-0.25, -0.2) is 0 Å². The van der Waals surface area contributed by atoms with Crippen molar-refractivity contribution in [2.75, 3.05) is 6.61 Å². The molecule has 0 atom stereocenters. The Morgan fingerprint density at radius 2 is 0.844 bits per heavy atom. The molecule has 0 amide bonds. The van der Waals surface area contributed by atoms with Crippen LogP contribution in [0.25, 0.3) is 0 Å². The number of hydrogen-bond donors (Lipinski definition) is 0. The third-order valence-corrected chi connectivity index (χ3v) is 13.1. The Hall–Kier alpha value is -2.82. The van der Waals surface area contributed by atoms with Crippen molar-refractivity contribution in [2.24, 2.45) is 0 Å². The summed E-state index contributed by atoms with van der Waals surface area (Å²) in [6, 6.07) is 38.4. The molecule has 0 aliphatic carbocycles. The Labute approximate surface area is 189 Å². The fourth-order valence-electron chi connectivity index (χ4n) is 4.26. The fourth-order valence-corrected chi connectivity index (χ4v) is 12.3. The third-order valence-electron chi connectivity index (χ3n) is 5.50. The van der Waals surface area contributed by atoms with Crippen molar-refractivity contribution in [3.05, 3.63) is 121 Å². The molecule has 164 valence electrons. The minimum atomic E-state index is -4.38. The van der Waals surface area contributed by atoms with E-state index in [1.165, 1.54) is 0 Å². The summed E-state index contributed by atoms with van der Waals surface area (Å²) >= 11 is 0. The molecule has 4 rings (SSSR count). The summed E-state index contributed by atoms with van der Waals surface area (Å²) in [7, 11) is -4.38. The van der Waals surface area contributed by atoms with E-state index in [2.05, 4.69) is 0 Å². The van der Waals surface area contributed by atoms with Crippen LogP contribution in [0, 0.1) is 0 Å². The molecular formula is C26H25O4PS. The first kappa shape index (κ1) is 22.4. The van der Waals surface area contributed by atoms with E-state index in [0.29, 0.717) is 0 Å². The van der Waals surface area contributed by atoms with Crippen LogP contribution >= 0.6 is 6.83 Å². The second-order valence-corrected chi connectivity index (χ2v) is 13.1. The van der Waals surface area contributed by atoms with Gasteiger partial charge in [0.05, 0.1) is 0 Å². The quantitative estimate of drug-likeness (QED) is 0.369. The van der Waals surface area contributed by atoms with Gasteiger partial charge in [0.15, 0.2) is 0 Å². The van der Waals surface area contributed by atoms with Crippen molar-refractivity contribution in [2.45, 2.75) is 6.92 Å². The van der Waals surface area contributed by atoms with Gasteiger partial charge >= 0.3 is 190 Å². The van der Waals surface area contributed by atoms with E-state index in [9.17, 15) is 8.42 Å². The Bertz CT molecular complexity index is 1090. The van der Waals surface area contributed by atoms with Crippen molar-refractivity contribution in [1.29, 1.82) is 0 Å². The predicted octanol–water partition coefficient (Wildman–Crippen LogP) is 4.05. The van der Waals surface area contributed by atoms with Gasteiger partial charge in [-0.05, 0) is 0 Å². The molecule has 0 bridgehead atoms. The molecule has 0 unspecified atom stereocenters. The zero-order valence-corrected chi connectivity index (χ0v) is 19.5. The Morgan fingerprint density at radius 1 is 0.562 bits per heavy atom. The van der Waals surface area contributed by atoms with Gasteiger partial charge in [-0.1, -0.05) is 0 Å². The third kappa shape index (κ3) is 3.58. The molecule has 0 fully saturated rings. The topological polar surface area (TPSA) is 52.6 Å². The molecule has 0 N–H and O–H groups in total. The average molecular weight is 465 g/mol. The summed E-state index contributed by atoms with van der Waals surface area (Å²) in [5.41, 5.74) is 0. The average Bonchev–Trinajstić information content (AvgIpc) is 2.85. The first-order valence-electron chi connectivity index (χ1n) is 10.4. The van der Waals surface area contributed by atoms with Crippen LogP contribution in [0.1, 0.15) is 6.92 Å². The first-order chi connectivity index (χ1) is 15.5. The van der Waals surface area contributed by atoms with E-state index in [4.69, 9.17) is 8.15 Å². The summed E-state index contributed by atoms with van der Waals surface area (Å²) in [6.07, 6.45) is 0. The maximum absolute atomic E-state index is 13.3. The van der Waals surface area contributed by atoms with Crippen LogP contribution in [0.4, 0.5) is 0 Å². The predicted molar refractivity (Wildman–Crippen MR) is 133 cm³/mol. The van der Waals surface area contributed by atoms with Crippen molar-refractivity contribution in [1.82, 2.24) is 0 Å². The van der Waals surface area contributed by atoms with E-state index in [-0.39, 0.29) is 6.61 Å². The zero-order chi connectivity index (χ0) is 22.5. The van der Waals surface area contributed by atoms with Crippen LogP contribution in [-0.2, 0) is 18.6 Å². The molecule has 6 heteroatoms. The summed E-state index contributed by atoms with van der Waals surface area (Å²) in [4.78, 5) is 0. The fraction of sp³-hybridized carbons (Fsp3) is 0.0769. The molecule has 4 nitrogen and oxygen atoms in total. The second-order valence-electron chi connectivity index (χ2n) is 7.27. The molecule has 0 aromatic heterocycles. The molecule has 0 radical (unpaired) electrons. The monoisotopic (exact) mass is 464 g/mol. The van der Waals surface area contributed by atoms with E-state index in [1.54, 1.807) is 6.92 Å². The van der Waals surface area contributed by atoms with E-state index in [0.717, 1.165) is 21.2 Å². The van der Waals surface area contributed by atoms with Gasteiger partial charge in [0.25, 0.3) is 0 Å². The zero-order valence-electron chi connectivity index (χ0n) is 17.7. The Morgan fingerprint density at radius 3 is 1.09 bits per heavy atom. The molecule has 0 spiro atoms. The summed E-state index contributed by atoms with van der Waals surface area (Å²) in [5.74, 6) is 0. The second kappa shape index (κ2) is 8.97. The first-order valence-corrected chi connectivity index (χ1v) is 13.9. The van der Waals surface area contributed by atoms with Crippen molar-refractivity contribution in [3.8, 4) is 0 Å². The Balaban J connectivity index is 2.30. The van der Waals surface area contributed by atoms with Crippen molar-refractivity contribution in [3.63, 3.8) is 0 Å². The van der Waals surface area contributed by atoms with Crippen LogP contribution in [0.5, 0.6) is 0 Å². The van der Waals surface area contributed by atoms with Gasteiger partial charge < -0.3 is 0 Å². The number of hydrogen-bond acceptors (Lipinski definition) is 4. The molecule has 4 aromatic carbocycles. The van der Waals surface area contributed by atoms with Gasteiger partial charge in [-0.2, -0.15) is 0 Å². The molecule has 0 aliphatic heterocycles. The van der Waals surface area contributed by atoms with E-state index < -0.39 is 17.2 Å². The maximum atomic E-state index is 13.3. The summed E-state index contributed by atoms with van der Waals surface area (Å²) < 4.78 is 38.3. The molecule has 0 aliphatic rings. The Kier molecular flexibility index (Phi) is 6.27. The SMILES string of the molecule is CCOS(=O)(=O)OP(c1ccccc1)(c1ccccc1)(c1ccccc1)c1ccccc1. The van der Waals surface area contributed by atoms with Gasteiger partial charge in [-0.3, -0.25) is 0 Å². The van der Waals surface area contributed by atoms with E-state index >= 15 is 0 Å². The van der Waals surface area contributed by atoms with Gasteiger partial charge in [0.2, 0.25) is 0 Å². The molecule has 0 saturated carbocycles.